The highest BCUT2D eigenvalue weighted by atomic mass is 16.6. The molecule has 108 valence electrons. The Morgan fingerprint density at radius 1 is 1.23 bits per heavy atom. The number of nitrogens with one attached hydrogen (secondary N) is 1. The van der Waals surface area contributed by atoms with Gasteiger partial charge in [0.05, 0.1) is 27.9 Å². The molecule has 1 N–H and O–H groups in total. The number of rotatable bonds is 4. The molecule has 0 aliphatic rings. The lowest BCUT2D eigenvalue weighted by Crippen LogP contribution is -1.90. The highest BCUT2D eigenvalue weighted by Crippen LogP contribution is 2.20. The number of aromatic nitrogens is 2. The zero-order valence-electron chi connectivity index (χ0n) is 11.5. The summed E-state index contributed by atoms with van der Waals surface area (Å²) in [7, 11) is 0. The van der Waals surface area contributed by atoms with Crippen molar-refractivity contribution in [2.75, 3.05) is 0 Å². The molecule has 0 aliphatic carbocycles. The topological polar surface area (TPSA) is 84.2 Å². The number of fused-ring (bicyclic) bond motifs is 1. The Morgan fingerprint density at radius 3 is 2.95 bits per heavy atom. The van der Waals surface area contributed by atoms with Crippen LogP contribution in [0.5, 0.6) is 0 Å². The van der Waals surface area contributed by atoms with Crippen molar-refractivity contribution >= 4 is 34.6 Å². The number of aromatic amines is 1. The van der Waals surface area contributed by atoms with E-state index in [0.717, 1.165) is 16.6 Å². The summed E-state index contributed by atoms with van der Waals surface area (Å²) in [6.45, 7) is 0. The smallest absolute Gasteiger partial charge is 0.276 e. The molecule has 22 heavy (non-hydrogen) atoms. The summed E-state index contributed by atoms with van der Waals surface area (Å²) in [6, 6.07) is 12.3. The number of benzene rings is 2. The number of para-hydroxylation sites is 1. The largest absolute Gasteiger partial charge is 0.278 e. The number of nitrogens with zero attached hydrogens (tertiary/aromatic N) is 3. The molecule has 6 nitrogen and oxygen atoms in total. The van der Waals surface area contributed by atoms with Gasteiger partial charge in [-0.25, -0.2) is 0 Å². The van der Waals surface area contributed by atoms with Crippen LogP contribution < -0.4 is 0 Å². The van der Waals surface area contributed by atoms with Crippen LogP contribution in [0.1, 0.15) is 5.56 Å². The summed E-state index contributed by atoms with van der Waals surface area (Å²) in [4.78, 5) is 14.8. The van der Waals surface area contributed by atoms with E-state index in [9.17, 15) is 10.1 Å². The zero-order valence-corrected chi connectivity index (χ0v) is 11.5. The first-order valence-electron chi connectivity index (χ1n) is 6.61. The molecule has 0 unspecified atom stereocenters. The number of hydrogen-bond acceptors (Lipinski definition) is 4. The molecule has 0 amide bonds. The first kappa shape index (κ1) is 13.7. The second-order valence-electron chi connectivity index (χ2n) is 4.59. The summed E-state index contributed by atoms with van der Waals surface area (Å²) in [6.07, 6.45) is 6.69. The van der Waals surface area contributed by atoms with Crippen LogP contribution in [0, 0.1) is 10.1 Å². The van der Waals surface area contributed by atoms with Crippen molar-refractivity contribution in [1.82, 2.24) is 10.2 Å². The third-order valence-electron chi connectivity index (χ3n) is 3.14. The van der Waals surface area contributed by atoms with E-state index in [2.05, 4.69) is 15.2 Å². The van der Waals surface area contributed by atoms with E-state index < -0.39 is 4.92 Å². The van der Waals surface area contributed by atoms with Gasteiger partial charge < -0.3 is 0 Å². The molecule has 2 aromatic carbocycles. The van der Waals surface area contributed by atoms with Crippen LogP contribution in [-0.2, 0) is 0 Å². The number of aliphatic imine (C=N–C) groups is 1. The molecular formula is C16H12N4O2. The van der Waals surface area contributed by atoms with E-state index in [0.29, 0.717) is 5.56 Å². The van der Waals surface area contributed by atoms with Crippen molar-refractivity contribution in [2.45, 2.75) is 0 Å². The number of H-pyrrole nitrogens is 1. The highest BCUT2D eigenvalue weighted by molar-refractivity contribution is 5.85. The normalized spacial score (nSPS) is 11.6. The molecule has 0 bridgehead atoms. The van der Waals surface area contributed by atoms with Crippen molar-refractivity contribution < 1.29 is 4.92 Å². The molecule has 6 heteroatoms. The molecule has 1 aromatic heterocycles. The van der Waals surface area contributed by atoms with Gasteiger partial charge in [0, 0.05) is 17.7 Å². The summed E-state index contributed by atoms with van der Waals surface area (Å²) >= 11 is 0. The molecule has 0 fully saturated rings. The number of hydrogen-bond donors (Lipinski definition) is 1. The van der Waals surface area contributed by atoms with E-state index in [1.807, 2.05) is 18.2 Å². The maximum absolute atomic E-state index is 10.9. The Kier molecular flexibility index (Phi) is 3.74. The fraction of sp³-hybridized carbons (Fsp3) is 0. The molecule has 0 saturated heterocycles. The Morgan fingerprint density at radius 2 is 2.09 bits per heavy atom. The van der Waals surface area contributed by atoms with Crippen molar-refractivity contribution in [3.05, 3.63) is 70.4 Å². The number of allylic oxidation sites excluding steroid dienone is 1. The minimum atomic E-state index is -0.399. The summed E-state index contributed by atoms with van der Waals surface area (Å²) in [5, 5.41) is 18.7. The third-order valence-corrected chi connectivity index (χ3v) is 3.14. The maximum atomic E-state index is 10.9. The molecule has 0 radical (unpaired) electrons. The first-order chi connectivity index (χ1) is 10.7. The van der Waals surface area contributed by atoms with Crippen molar-refractivity contribution in [3.8, 4) is 0 Å². The average Bonchev–Trinajstić information content (AvgIpc) is 2.99. The minimum absolute atomic E-state index is 0.0759. The van der Waals surface area contributed by atoms with Crippen molar-refractivity contribution in [1.29, 1.82) is 0 Å². The number of nitro benzene ring substituents is 1. The van der Waals surface area contributed by atoms with Gasteiger partial charge >= 0.3 is 0 Å². The SMILES string of the molecule is O=[N+]([O-])c1ccccc1/C=C/C=Nc1ccc2[nH]ncc2c1. The van der Waals surface area contributed by atoms with Crippen LogP contribution in [0.25, 0.3) is 17.0 Å². The lowest BCUT2D eigenvalue weighted by Gasteiger charge is -1.95. The zero-order chi connectivity index (χ0) is 15.4. The molecule has 3 aromatic rings. The molecule has 3 rings (SSSR count). The van der Waals surface area contributed by atoms with Gasteiger partial charge in [-0.1, -0.05) is 12.1 Å². The fourth-order valence-electron chi connectivity index (χ4n) is 2.08. The van der Waals surface area contributed by atoms with Crippen LogP contribution >= 0.6 is 0 Å². The molecule has 0 spiro atoms. The van der Waals surface area contributed by atoms with Gasteiger partial charge in [-0.05, 0) is 36.4 Å². The lowest BCUT2D eigenvalue weighted by atomic mass is 10.1. The quantitative estimate of drug-likeness (QED) is 0.450. The van der Waals surface area contributed by atoms with E-state index in [1.54, 1.807) is 42.8 Å². The Bertz CT molecular complexity index is 880. The van der Waals surface area contributed by atoms with Gasteiger partial charge in [-0.3, -0.25) is 20.2 Å². The summed E-state index contributed by atoms with van der Waals surface area (Å²) in [5.41, 5.74) is 2.37. The van der Waals surface area contributed by atoms with Crippen LogP contribution in [0.2, 0.25) is 0 Å². The molecular weight excluding hydrogens is 280 g/mol. The molecule has 1 heterocycles. The summed E-state index contributed by atoms with van der Waals surface area (Å²) < 4.78 is 0. The molecule has 0 saturated carbocycles. The Balaban J connectivity index is 1.77. The van der Waals surface area contributed by atoms with E-state index in [-0.39, 0.29) is 5.69 Å². The van der Waals surface area contributed by atoms with E-state index >= 15 is 0 Å². The van der Waals surface area contributed by atoms with Crippen LogP contribution in [-0.4, -0.2) is 21.3 Å². The van der Waals surface area contributed by atoms with Gasteiger partial charge in [-0.15, -0.1) is 0 Å². The fourth-order valence-corrected chi connectivity index (χ4v) is 2.08. The van der Waals surface area contributed by atoms with E-state index in [4.69, 9.17) is 0 Å². The minimum Gasteiger partial charge on any atom is -0.278 e. The average molecular weight is 292 g/mol. The highest BCUT2D eigenvalue weighted by Gasteiger charge is 2.08. The predicted octanol–water partition coefficient (Wildman–Crippen LogP) is 3.89. The van der Waals surface area contributed by atoms with Crippen LogP contribution in [0.3, 0.4) is 0 Å². The summed E-state index contributed by atoms with van der Waals surface area (Å²) in [5.74, 6) is 0. The van der Waals surface area contributed by atoms with Crippen molar-refractivity contribution in [2.24, 2.45) is 4.99 Å². The second kappa shape index (κ2) is 6.01. The van der Waals surface area contributed by atoms with Gasteiger partial charge in [-0.2, -0.15) is 5.10 Å². The van der Waals surface area contributed by atoms with Gasteiger partial charge in [0.25, 0.3) is 5.69 Å². The Labute approximate surface area is 126 Å². The first-order valence-corrected chi connectivity index (χ1v) is 6.61. The van der Waals surface area contributed by atoms with Crippen LogP contribution in [0.4, 0.5) is 11.4 Å². The van der Waals surface area contributed by atoms with Crippen LogP contribution in [0.15, 0.2) is 59.7 Å². The predicted molar refractivity (Wildman–Crippen MR) is 86.4 cm³/mol. The third kappa shape index (κ3) is 2.90. The van der Waals surface area contributed by atoms with Crippen molar-refractivity contribution in [3.63, 3.8) is 0 Å². The number of nitro groups is 1. The van der Waals surface area contributed by atoms with E-state index in [1.165, 1.54) is 6.07 Å². The molecule has 0 atom stereocenters. The van der Waals surface area contributed by atoms with Gasteiger partial charge in [0.1, 0.15) is 0 Å². The standard InChI is InChI=1S/C16H12N4O2/c21-20(22)16-6-2-1-4-12(16)5-3-9-17-14-7-8-15-13(10-14)11-18-19-15/h1-11H,(H,18,19)/b5-3+,17-9?. The van der Waals surface area contributed by atoms with Gasteiger partial charge in [0.2, 0.25) is 0 Å². The maximum Gasteiger partial charge on any atom is 0.276 e. The Hall–Kier alpha value is -3.28. The lowest BCUT2D eigenvalue weighted by molar-refractivity contribution is -0.385. The molecule has 0 aliphatic heterocycles. The second-order valence-corrected chi connectivity index (χ2v) is 4.59. The monoisotopic (exact) mass is 292 g/mol. The van der Waals surface area contributed by atoms with Gasteiger partial charge in [0.15, 0.2) is 0 Å².